The van der Waals surface area contributed by atoms with E-state index in [1.165, 1.54) is 0 Å². The molecule has 0 atom stereocenters. The van der Waals surface area contributed by atoms with Crippen molar-refractivity contribution in [2.24, 2.45) is 0 Å². The maximum absolute atomic E-state index is 12.4. The van der Waals surface area contributed by atoms with E-state index in [2.05, 4.69) is 31.6 Å². The van der Waals surface area contributed by atoms with E-state index in [-0.39, 0.29) is 11.9 Å². The van der Waals surface area contributed by atoms with Crippen LogP contribution in [-0.4, -0.2) is 41.1 Å². The maximum atomic E-state index is 12.4. The van der Waals surface area contributed by atoms with Crippen molar-refractivity contribution < 1.29 is 4.79 Å². The van der Waals surface area contributed by atoms with Crippen LogP contribution in [-0.2, 0) is 11.2 Å². The van der Waals surface area contributed by atoms with E-state index in [0.717, 1.165) is 47.6 Å². The average molecular weight is 408 g/mol. The highest BCUT2D eigenvalue weighted by Crippen LogP contribution is 2.29. The van der Waals surface area contributed by atoms with Gasteiger partial charge in [0.2, 0.25) is 5.91 Å². The Kier molecular flexibility index (Phi) is 4.81. The van der Waals surface area contributed by atoms with Gasteiger partial charge in [-0.3, -0.25) is 13.9 Å². The lowest BCUT2D eigenvalue weighted by Crippen LogP contribution is -2.38. The highest BCUT2D eigenvalue weighted by Gasteiger charge is 2.24. The number of nitrogens with one attached hydrogen (secondary N) is 1. The number of hydrogen-bond donors (Lipinski definition) is 1. The first kappa shape index (κ1) is 18.0. The van der Waals surface area contributed by atoms with Gasteiger partial charge < -0.3 is 5.32 Å². The van der Waals surface area contributed by atoms with E-state index in [1.807, 2.05) is 39.1 Å². The van der Waals surface area contributed by atoms with Crippen LogP contribution < -0.4 is 5.32 Å². The highest BCUT2D eigenvalue weighted by atomic mass is 32.1. The highest BCUT2D eigenvalue weighted by molar-refractivity contribution is 7.15. The number of carbonyl (C=O) groups is 1. The molecule has 1 fully saturated rings. The Morgan fingerprint density at radius 3 is 2.93 bits per heavy atom. The summed E-state index contributed by atoms with van der Waals surface area (Å²) in [7, 11) is 0. The molecule has 4 heterocycles. The molecular weight excluding hydrogens is 386 g/mol. The topological polar surface area (TPSA) is 90.0 Å². The van der Waals surface area contributed by atoms with Gasteiger partial charge in [-0.15, -0.1) is 11.3 Å². The summed E-state index contributed by atoms with van der Waals surface area (Å²) in [6.45, 7) is 0. The molecule has 1 amide bonds. The smallest absolute Gasteiger partial charge is 0.226 e. The minimum Gasteiger partial charge on any atom is -0.353 e. The average Bonchev–Trinajstić information content (AvgIpc) is 3.45. The molecular formula is C20H21N7OS. The lowest BCUT2D eigenvalue weighted by atomic mass is 9.91. The van der Waals surface area contributed by atoms with E-state index in [9.17, 15) is 4.79 Å². The Balaban J connectivity index is 1.14. The van der Waals surface area contributed by atoms with E-state index < -0.39 is 0 Å². The predicted molar refractivity (Wildman–Crippen MR) is 109 cm³/mol. The molecule has 0 spiro atoms. The first-order valence-corrected chi connectivity index (χ1v) is 10.6. The number of fused-ring (bicyclic) bond motifs is 1. The van der Waals surface area contributed by atoms with Crippen LogP contribution in [0.5, 0.6) is 0 Å². The van der Waals surface area contributed by atoms with Gasteiger partial charge >= 0.3 is 0 Å². The number of carbonyl (C=O) groups excluding carboxylic acids is 1. The molecule has 0 aromatic carbocycles. The van der Waals surface area contributed by atoms with Crippen molar-refractivity contribution in [2.45, 2.75) is 44.2 Å². The molecule has 8 nitrogen and oxygen atoms in total. The number of hydrogen-bond acceptors (Lipinski definition) is 6. The van der Waals surface area contributed by atoms with Crippen LogP contribution in [0, 0.1) is 0 Å². The third-order valence-corrected chi connectivity index (χ3v) is 6.17. The molecule has 9 heteroatoms. The largest absolute Gasteiger partial charge is 0.353 e. The number of aromatic nitrogens is 6. The van der Waals surface area contributed by atoms with E-state index in [1.54, 1.807) is 23.9 Å². The minimum atomic E-state index is 0.0457. The molecule has 4 aromatic heterocycles. The van der Waals surface area contributed by atoms with Gasteiger partial charge in [-0.1, -0.05) is 0 Å². The van der Waals surface area contributed by atoms with Crippen LogP contribution in [0.2, 0.25) is 0 Å². The fraction of sp³-hybridized carbons (Fsp3) is 0.350. The molecule has 1 saturated carbocycles. The second kappa shape index (κ2) is 7.75. The summed E-state index contributed by atoms with van der Waals surface area (Å²) in [6.07, 6.45) is 15.3. The van der Waals surface area contributed by atoms with Gasteiger partial charge in [-0.25, -0.2) is 15.0 Å². The van der Waals surface area contributed by atoms with Gasteiger partial charge in [-0.05, 0) is 31.7 Å². The molecule has 0 saturated heterocycles. The van der Waals surface area contributed by atoms with Gasteiger partial charge in [0.05, 0.1) is 30.0 Å². The molecule has 29 heavy (non-hydrogen) atoms. The number of amides is 1. The van der Waals surface area contributed by atoms with Gasteiger partial charge in [-0.2, -0.15) is 5.10 Å². The number of nitrogens with zero attached hydrogens (tertiary/aromatic N) is 6. The first-order valence-electron chi connectivity index (χ1n) is 9.75. The number of thiazole rings is 1. The molecule has 5 rings (SSSR count). The molecule has 0 radical (unpaired) electrons. The van der Waals surface area contributed by atoms with E-state index in [4.69, 9.17) is 0 Å². The van der Waals surface area contributed by atoms with Crippen LogP contribution in [0.1, 0.15) is 37.4 Å². The molecule has 0 aliphatic heterocycles. The van der Waals surface area contributed by atoms with Crippen molar-refractivity contribution in [1.29, 1.82) is 0 Å². The lowest BCUT2D eigenvalue weighted by Gasteiger charge is -2.29. The molecule has 4 aromatic rings. The van der Waals surface area contributed by atoms with Crippen LogP contribution in [0.4, 0.5) is 0 Å². The Hall–Kier alpha value is -3.07. The summed E-state index contributed by atoms with van der Waals surface area (Å²) in [4.78, 5) is 26.0. The fourth-order valence-electron chi connectivity index (χ4n) is 3.92. The summed E-state index contributed by atoms with van der Waals surface area (Å²) >= 11 is 1.57. The van der Waals surface area contributed by atoms with Crippen LogP contribution in [0.25, 0.3) is 16.2 Å². The first-order chi connectivity index (χ1) is 14.2. The number of rotatable bonds is 5. The van der Waals surface area contributed by atoms with Crippen LogP contribution >= 0.6 is 11.3 Å². The van der Waals surface area contributed by atoms with Crippen LogP contribution in [0.15, 0.2) is 48.8 Å². The second-order valence-corrected chi connectivity index (χ2v) is 8.25. The van der Waals surface area contributed by atoms with E-state index in [0.29, 0.717) is 12.5 Å². The van der Waals surface area contributed by atoms with Gasteiger partial charge in [0.1, 0.15) is 6.33 Å². The monoisotopic (exact) mass is 407 g/mol. The van der Waals surface area contributed by atoms with Crippen molar-refractivity contribution in [2.75, 3.05) is 0 Å². The van der Waals surface area contributed by atoms with E-state index >= 15 is 0 Å². The van der Waals surface area contributed by atoms with Crippen molar-refractivity contribution in [3.05, 3.63) is 54.5 Å². The number of imidazole rings is 1. The third kappa shape index (κ3) is 3.91. The molecule has 0 bridgehead atoms. The van der Waals surface area contributed by atoms with Crippen molar-refractivity contribution in [1.82, 2.24) is 34.4 Å². The minimum absolute atomic E-state index is 0.0457. The zero-order valence-electron chi connectivity index (χ0n) is 15.8. The van der Waals surface area contributed by atoms with Crippen molar-refractivity contribution >= 4 is 22.2 Å². The predicted octanol–water partition coefficient (Wildman–Crippen LogP) is 2.89. The molecule has 0 unspecified atom stereocenters. The van der Waals surface area contributed by atoms with Crippen molar-refractivity contribution in [3.63, 3.8) is 0 Å². The Morgan fingerprint density at radius 1 is 1.24 bits per heavy atom. The van der Waals surface area contributed by atoms with Gasteiger partial charge in [0.15, 0.2) is 4.96 Å². The lowest BCUT2D eigenvalue weighted by molar-refractivity contribution is -0.121. The fourth-order valence-corrected chi connectivity index (χ4v) is 4.64. The summed E-state index contributed by atoms with van der Waals surface area (Å²) in [6, 6.07) is 2.47. The molecule has 1 N–H and O–H groups in total. The summed E-state index contributed by atoms with van der Waals surface area (Å²) in [5.41, 5.74) is 2.70. The standard InChI is InChI=1S/C20H21N7OS/c28-19(9-16-12-26-7-8-29-20(26)25-16)24-15-1-3-17(4-2-15)27-11-14(10-23-27)18-5-6-21-13-22-18/h5-8,10-13,15,17H,1-4,9H2,(H,24,28). The maximum Gasteiger partial charge on any atom is 0.226 e. The second-order valence-electron chi connectivity index (χ2n) is 7.38. The molecule has 1 aliphatic rings. The van der Waals surface area contributed by atoms with Crippen molar-refractivity contribution in [3.8, 4) is 11.3 Å². The Bertz CT molecular complexity index is 1080. The summed E-state index contributed by atoms with van der Waals surface area (Å²) < 4.78 is 3.99. The summed E-state index contributed by atoms with van der Waals surface area (Å²) in [5.74, 6) is 0.0457. The zero-order valence-corrected chi connectivity index (χ0v) is 16.6. The summed E-state index contributed by atoms with van der Waals surface area (Å²) in [5, 5.41) is 9.70. The Morgan fingerprint density at radius 2 is 2.14 bits per heavy atom. The zero-order chi connectivity index (χ0) is 19.6. The normalized spacial score (nSPS) is 19.4. The van der Waals surface area contributed by atoms with Crippen LogP contribution in [0.3, 0.4) is 0 Å². The van der Waals surface area contributed by atoms with Gasteiger partial charge in [0.25, 0.3) is 0 Å². The SMILES string of the molecule is O=C(Cc1cn2ccsc2n1)NC1CCC(n2cc(-c3ccncn3)cn2)CC1. The molecule has 148 valence electrons. The third-order valence-electron chi connectivity index (χ3n) is 5.40. The Labute approximate surface area is 171 Å². The quantitative estimate of drug-likeness (QED) is 0.549. The van der Waals surface area contributed by atoms with Gasteiger partial charge in [0, 0.05) is 41.8 Å². The molecule has 1 aliphatic carbocycles.